The Morgan fingerprint density at radius 3 is 2.67 bits per heavy atom. The van der Waals surface area contributed by atoms with Gasteiger partial charge in [0.25, 0.3) is 0 Å². The summed E-state index contributed by atoms with van der Waals surface area (Å²) in [6.45, 7) is 14.8. The number of hydrogen-bond donors (Lipinski definition) is 1. The minimum absolute atomic E-state index is 0.107. The maximum Gasteiger partial charge on any atom is 0.407 e. The van der Waals surface area contributed by atoms with Gasteiger partial charge in [-0.05, 0) is 116 Å². The molecular formula is C30H44N2O3Si. The van der Waals surface area contributed by atoms with E-state index in [1.165, 1.54) is 50.8 Å². The van der Waals surface area contributed by atoms with Crippen molar-refractivity contribution in [2.75, 3.05) is 19.6 Å². The molecule has 1 amide bonds. The van der Waals surface area contributed by atoms with Crippen LogP contribution in [-0.4, -0.2) is 61.0 Å². The average Bonchev–Trinajstić information content (AvgIpc) is 3.47. The van der Waals surface area contributed by atoms with Crippen LogP contribution in [0.3, 0.4) is 0 Å². The van der Waals surface area contributed by atoms with E-state index in [0.717, 1.165) is 31.1 Å². The second-order valence-corrected chi connectivity index (χ2v) is 19.5. The Bertz CT molecular complexity index is 1110. The fourth-order valence-electron chi connectivity index (χ4n) is 9.67. The molecule has 2 heterocycles. The zero-order valence-corrected chi connectivity index (χ0v) is 23.8. The summed E-state index contributed by atoms with van der Waals surface area (Å²) in [5.41, 5.74) is 3.48. The highest BCUT2D eigenvalue weighted by molar-refractivity contribution is 6.74. The number of rotatable bonds is 4. The van der Waals surface area contributed by atoms with Crippen LogP contribution >= 0.6 is 0 Å². The van der Waals surface area contributed by atoms with Gasteiger partial charge in [-0.25, -0.2) is 4.79 Å². The van der Waals surface area contributed by atoms with Gasteiger partial charge in [0.1, 0.15) is 5.75 Å². The highest BCUT2D eigenvalue weighted by atomic mass is 28.4. The van der Waals surface area contributed by atoms with Gasteiger partial charge in [0.15, 0.2) is 0 Å². The molecule has 1 aromatic carbocycles. The number of fused-ring (bicyclic) bond motifs is 1. The van der Waals surface area contributed by atoms with Crippen molar-refractivity contribution in [3.63, 3.8) is 0 Å². The predicted octanol–water partition coefficient (Wildman–Crippen LogP) is 6.13. The number of carboxylic acid groups (broad SMARTS) is 1. The van der Waals surface area contributed by atoms with Gasteiger partial charge in [0.2, 0.25) is 8.32 Å². The third-order valence-electron chi connectivity index (χ3n) is 12.2. The molecule has 5 fully saturated rings. The van der Waals surface area contributed by atoms with Crippen molar-refractivity contribution in [3.8, 4) is 5.75 Å². The van der Waals surface area contributed by atoms with Crippen molar-refractivity contribution in [2.45, 2.75) is 101 Å². The van der Waals surface area contributed by atoms with E-state index in [-0.39, 0.29) is 16.5 Å². The smallest absolute Gasteiger partial charge is 0.407 e. The molecule has 4 bridgehead atoms. The summed E-state index contributed by atoms with van der Waals surface area (Å²) in [5, 5.41) is 10.3. The second kappa shape index (κ2) is 7.31. The zero-order chi connectivity index (χ0) is 25.3. The standard InChI is InChI=1S/C30H44N2O3Si/c1-28(2,3)36(4,5)35-22-9-8-20-14-25-29-11-10-24-26(21(16-29)18-32(24)27(33)34)30(29,23(20)15-22)12-13-31(25)17-19-6-7-19/h8-9,15,19,21,24-26H,6-7,10-14,16-18H2,1-5H3,(H,33,34)/t21-,24-,25-,26-,29-,30+/m1/s1. The number of benzene rings is 1. The Balaban J connectivity index is 1.36. The molecule has 1 N–H and O–H groups in total. The molecule has 4 aliphatic carbocycles. The Hall–Kier alpha value is -1.53. The summed E-state index contributed by atoms with van der Waals surface area (Å²) in [7, 11) is -1.95. The quantitative estimate of drug-likeness (QED) is 0.497. The summed E-state index contributed by atoms with van der Waals surface area (Å²) in [4.78, 5) is 17.0. The van der Waals surface area contributed by atoms with Crippen LogP contribution < -0.4 is 4.43 Å². The van der Waals surface area contributed by atoms with Crippen LogP contribution in [0.4, 0.5) is 4.79 Å². The molecule has 6 heteroatoms. The molecule has 2 aliphatic heterocycles. The maximum atomic E-state index is 12.3. The maximum absolute atomic E-state index is 12.3. The van der Waals surface area contributed by atoms with Crippen LogP contribution in [0.2, 0.25) is 18.1 Å². The minimum atomic E-state index is -1.95. The molecule has 0 aromatic heterocycles. The molecule has 6 aliphatic rings. The van der Waals surface area contributed by atoms with E-state index in [4.69, 9.17) is 4.43 Å². The van der Waals surface area contributed by atoms with Crippen molar-refractivity contribution in [1.29, 1.82) is 0 Å². The first-order chi connectivity index (χ1) is 17.0. The Morgan fingerprint density at radius 1 is 1.19 bits per heavy atom. The summed E-state index contributed by atoms with van der Waals surface area (Å²) in [5.74, 6) is 2.94. The lowest BCUT2D eigenvalue weighted by atomic mass is 9.43. The minimum Gasteiger partial charge on any atom is -0.543 e. The first kappa shape index (κ1) is 23.6. The lowest BCUT2D eigenvalue weighted by Gasteiger charge is -2.66. The number of carbonyl (C=O) groups is 1. The van der Waals surface area contributed by atoms with Crippen LogP contribution in [0.5, 0.6) is 5.75 Å². The van der Waals surface area contributed by atoms with Crippen LogP contribution in [0, 0.1) is 23.2 Å². The third-order valence-corrected chi connectivity index (χ3v) is 16.5. The van der Waals surface area contributed by atoms with Crippen molar-refractivity contribution in [2.24, 2.45) is 23.2 Å². The van der Waals surface area contributed by atoms with Gasteiger partial charge in [-0.2, -0.15) is 0 Å². The summed E-state index contributed by atoms with van der Waals surface area (Å²) in [6.07, 6.45) is 7.93. The summed E-state index contributed by atoms with van der Waals surface area (Å²) in [6, 6.07) is 7.90. The van der Waals surface area contributed by atoms with Gasteiger partial charge < -0.3 is 14.4 Å². The molecule has 1 aromatic rings. The van der Waals surface area contributed by atoms with Gasteiger partial charge in [0, 0.05) is 30.6 Å². The van der Waals surface area contributed by atoms with Crippen LogP contribution in [-0.2, 0) is 11.8 Å². The number of amides is 1. The van der Waals surface area contributed by atoms with E-state index in [9.17, 15) is 9.90 Å². The lowest BCUT2D eigenvalue weighted by molar-refractivity contribution is -0.102. The van der Waals surface area contributed by atoms with Gasteiger partial charge in [0.05, 0.1) is 0 Å². The fourth-order valence-corrected chi connectivity index (χ4v) is 10.7. The molecule has 36 heavy (non-hydrogen) atoms. The van der Waals surface area contributed by atoms with Crippen molar-refractivity contribution in [1.82, 2.24) is 9.80 Å². The van der Waals surface area contributed by atoms with E-state index in [0.29, 0.717) is 23.3 Å². The fraction of sp³-hybridized carbons (Fsp3) is 0.767. The van der Waals surface area contributed by atoms with E-state index in [2.05, 4.69) is 57.0 Å². The van der Waals surface area contributed by atoms with Crippen LogP contribution in [0.15, 0.2) is 18.2 Å². The zero-order valence-electron chi connectivity index (χ0n) is 22.8. The molecule has 196 valence electrons. The molecule has 2 saturated heterocycles. The Kier molecular flexibility index (Phi) is 4.79. The molecule has 0 unspecified atom stereocenters. The average molecular weight is 509 g/mol. The number of hydrogen-bond acceptors (Lipinski definition) is 3. The Labute approximate surface area is 217 Å². The normalized spacial score (nSPS) is 39.1. The van der Waals surface area contributed by atoms with Crippen LogP contribution in [0.1, 0.15) is 70.4 Å². The van der Waals surface area contributed by atoms with E-state index in [1.54, 1.807) is 5.56 Å². The van der Waals surface area contributed by atoms with Crippen molar-refractivity contribution < 1.29 is 14.3 Å². The molecular weight excluding hydrogens is 464 g/mol. The first-order valence-corrected chi connectivity index (χ1v) is 17.4. The molecule has 0 radical (unpaired) electrons. The largest absolute Gasteiger partial charge is 0.543 e. The van der Waals surface area contributed by atoms with Gasteiger partial charge in [-0.1, -0.05) is 26.8 Å². The van der Waals surface area contributed by atoms with Gasteiger partial charge in [-0.15, -0.1) is 0 Å². The Morgan fingerprint density at radius 2 is 1.97 bits per heavy atom. The monoisotopic (exact) mass is 508 g/mol. The predicted molar refractivity (Wildman–Crippen MR) is 144 cm³/mol. The highest BCUT2D eigenvalue weighted by Gasteiger charge is 2.76. The van der Waals surface area contributed by atoms with Gasteiger partial charge in [-0.3, -0.25) is 4.90 Å². The molecule has 3 saturated carbocycles. The number of nitrogens with zero attached hydrogens (tertiary/aromatic N) is 2. The highest BCUT2D eigenvalue weighted by Crippen LogP contribution is 2.75. The van der Waals surface area contributed by atoms with E-state index < -0.39 is 14.4 Å². The first-order valence-electron chi connectivity index (χ1n) is 14.5. The lowest BCUT2D eigenvalue weighted by Crippen LogP contribution is -2.69. The molecule has 6 atom stereocenters. The second-order valence-electron chi connectivity index (χ2n) is 14.7. The topological polar surface area (TPSA) is 53.0 Å². The van der Waals surface area contributed by atoms with E-state index in [1.807, 2.05) is 4.90 Å². The SMILES string of the molecule is CC(C)(C)[Si](C)(C)Oc1ccc2c(c1)[C@]13CCN(CC4CC4)[C@H](C2)[C@]12CC[C@@H]1[C@H]3[C@@H](CN1C(=O)O)C2. The van der Waals surface area contributed by atoms with Gasteiger partial charge >= 0.3 is 6.09 Å². The summed E-state index contributed by atoms with van der Waals surface area (Å²) < 4.78 is 6.87. The van der Waals surface area contributed by atoms with Crippen molar-refractivity contribution in [3.05, 3.63) is 29.3 Å². The summed E-state index contributed by atoms with van der Waals surface area (Å²) >= 11 is 0. The van der Waals surface area contributed by atoms with Crippen molar-refractivity contribution >= 4 is 14.4 Å². The number of piperidine rings is 1. The molecule has 7 rings (SSSR count). The molecule has 5 nitrogen and oxygen atoms in total. The van der Waals surface area contributed by atoms with Crippen LogP contribution in [0.25, 0.3) is 0 Å². The van der Waals surface area contributed by atoms with E-state index >= 15 is 0 Å². The number of likely N-dealkylation sites (tertiary alicyclic amines) is 2. The third kappa shape index (κ3) is 2.95. The molecule has 0 spiro atoms.